The molecule has 0 aliphatic rings. The van der Waals surface area contributed by atoms with Crippen molar-refractivity contribution in [3.05, 3.63) is 52.6 Å². The minimum atomic E-state index is 0.519. The van der Waals surface area contributed by atoms with Gasteiger partial charge in [0.1, 0.15) is 5.82 Å². The third kappa shape index (κ3) is 2.68. The number of nitrogens with zero attached hydrogens (tertiary/aromatic N) is 2. The van der Waals surface area contributed by atoms with E-state index in [-0.39, 0.29) is 0 Å². The minimum Gasteiger partial charge on any atom is -0.330 e. The zero-order valence-corrected chi connectivity index (χ0v) is 10.6. The highest BCUT2D eigenvalue weighted by Crippen LogP contribution is 2.19. The SMILES string of the molecule is CCc1nccn1Cc1ccc(CN)cc1Cl. The second kappa shape index (κ2) is 5.34. The summed E-state index contributed by atoms with van der Waals surface area (Å²) in [5.74, 6) is 1.07. The van der Waals surface area contributed by atoms with E-state index in [4.69, 9.17) is 17.3 Å². The average molecular weight is 250 g/mol. The van der Waals surface area contributed by atoms with E-state index in [2.05, 4.69) is 16.5 Å². The molecule has 0 saturated heterocycles. The molecule has 0 saturated carbocycles. The Bertz CT molecular complexity index is 505. The molecule has 0 bridgehead atoms. The molecule has 1 aromatic carbocycles. The second-order valence-corrected chi connectivity index (χ2v) is 4.36. The van der Waals surface area contributed by atoms with Crippen molar-refractivity contribution < 1.29 is 0 Å². The van der Waals surface area contributed by atoms with Crippen molar-refractivity contribution in [3.63, 3.8) is 0 Å². The van der Waals surface area contributed by atoms with Gasteiger partial charge in [0, 0.05) is 30.4 Å². The molecule has 90 valence electrons. The van der Waals surface area contributed by atoms with Gasteiger partial charge in [-0.05, 0) is 17.2 Å². The van der Waals surface area contributed by atoms with Gasteiger partial charge >= 0.3 is 0 Å². The second-order valence-electron chi connectivity index (χ2n) is 3.95. The average Bonchev–Trinajstić information content (AvgIpc) is 2.79. The highest BCUT2D eigenvalue weighted by molar-refractivity contribution is 6.31. The molecule has 17 heavy (non-hydrogen) atoms. The maximum absolute atomic E-state index is 6.23. The van der Waals surface area contributed by atoms with Gasteiger partial charge in [-0.2, -0.15) is 0 Å². The van der Waals surface area contributed by atoms with Gasteiger partial charge in [-0.15, -0.1) is 0 Å². The van der Waals surface area contributed by atoms with Crippen molar-refractivity contribution in [1.29, 1.82) is 0 Å². The van der Waals surface area contributed by atoms with Crippen LogP contribution in [0, 0.1) is 0 Å². The summed E-state index contributed by atoms with van der Waals surface area (Å²) in [4.78, 5) is 4.29. The number of benzene rings is 1. The van der Waals surface area contributed by atoms with Crippen LogP contribution in [0.5, 0.6) is 0 Å². The molecule has 0 aliphatic heterocycles. The topological polar surface area (TPSA) is 43.8 Å². The smallest absolute Gasteiger partial charge is 0.108 e. The minimum absolute atomic E-state index is 0.519. The first-order valence-electron chi connectivity index (χ1n) is 5.72. The first kappa shape index (κ1) is 12.1. The molecule has 0 aliphatic carbocycles. The van der Waals surface area contributed by atoms with Crippen molar-refractivity contribution in [2.45, 2.75) is 26.4 Å². The molecule has 2 aromatic rings. The number of imidazole rings is 1. The van der Waals surface area contributed by atoms with Crippen molar-refractivity contribution >= 4 is 11.6 Å². The van der Waals surface area contributed by atoms with Crippen molar-refractivity contribution in [2.24, 2.45) is 5.73 Å². The monoisotopic (exact) mass is 249 g/mol. The van der Waals surface area contributed by atoms with E-state index in [1.807, 2.05) is 30.6 Å². The van der Waals surface area contributed by atoms with Gasteiger partial charge in [-0.3, -0.25) is 0 Å². The first-order valence-corrected chi connectivity index (χ1v) is 6.09. The van der Waals surface area contributed by atoms with Crippen LogP contribution in [0.4, 0.5) is 0 Å². The summed E-state index contributed by atoms with van der Waals surface area (Å²) in [5.41, 5.74) is 7.73. The van der Waals surface area contributed by atoms with Gasteiger partial charge in [0.15, 0.2) is 0 Å². The summed E-state index contributed by atoms with van der Waals surface area (Å²) in [6.45, 7) is 3.37. The quantitative estimate of drug-likeness (QED) is 0.905. The predicted molar refractivity (Wildman–Crippen MR) is 70.1 cm³/mol. The fraction of sp³-hybridized carbons (Fsp3) is 0.308. The number of aromatic nitrogens is 2. The van der Waals surface area contributed by atoms with E-state index in [0.29, 0.717) is 6.54 Å². The standard InChI is InChI=1S/C13H16ClN3/c1-2-13-16-5-6-17(13)9-11-4-3-10(8-15)7-12(11)14/h3-7H,2,8-9,15H2,1H3. The van der Waals surface area contributed by atoms with Gasteiger partial charge in [0.25, 0.3) is 0 Å². The van der Waals surface area contributed by atoms with Gasteiger partial charge in [0.05, 0.1) is 6.54 Å². The first-order chi connectivity index (χ1) is 8.24. The summed E-state index contributed by atoms with van der Waals surface area (Å²) < 4.78 is 2.11. The number of hydrogen-bond acceptors (Lipinski definition) is 2. The zero-order valence-electron chi connectivity index (χ0n) is 9.86. The van der Waals surface area contributed by atoms with E-state index in [0.717, 1.165) is 34.9 Å². The summed E-state index contributed by atoms with van der Waals surface area (Å²) in [6.07, 6.45) is 4.72. The van der Waals surface area contributed by atoms with Crippen LogP contribution in [-0.2, 0) is 19.5 Å². The Kier molecular flexibility index (Phi) is 3.82. The van der Waals surface area contributed by atoms with Crippen LogP contribution in [0.25, 0.3) is 0 Å². The molecule has 1 heterocycles. The third-order valence-electron chi connectivity index (χ3n) is 2.81. The molecule has 3 nitrogen and oxygen atoms in total. The van der Waals surface area contributed by atoms with E-state index in [9.17, 15) is 0 Å². The van der Waals surface area contributed by atoms with E-state index in [1.54, 1.807) is 0 Å². The fourth-order valence-electron chi connectivity index (χ4n) is 1.83. The zero-order chi connectivity index (χ0) is 12.3. The summed E-state index contributed by atoms with van der Waals surface area (Å²) in [5, 5.41) is 0.767. The lowest BCUT2D eigenvalue weighted by molar-refractivity contribution is 0.732. The van der Waals surface area contributed by atoms with Crippen LogP contribution in [0.2, 0.25) is 5.02 Å². The molecule has 0 unspecified atom stereocenters. The van der Waals surface area contributed by atoms with Crippen LogP contribution in [0.1, 0.15) is 23.9 Å². The Labute approximate surface area is 106 Å². The molecule has 0 atom stereocenters. The number of hydrogen-bond donors (Lipinski definition) is 1. The van der Waals surface area contributed by atoms with E-state index < -0.39 is 0 Å². The molecule has 0 amide bonds. The van der Waals surface area contributed by atoms with Crippen LogP contribution >= 0.6 is 11.6 Å². The molecule has 2 rings (SSSR count). The summed E-state index contributed by atoms with van der Waals surface area (Å²) in [7, 11) is 0. The molecule has 2 N–H and O–H groups in total. The number of aryl methyl sites for hydroxylation is 1. The highest BCUT2D eigenvalue weighted by Gasteiger charge is 2.05. The molecule has 0 spiro atoms. The van der Waals surface area contributed by atoms with Crippen LogP contribution in [0.15, 0.2) is 30.6 Å². The van der Waals surface area contributed by atoms with Crippen molar-refractivity contribution in [2.75, 3.05) is 0 Å². The normalized spacial score (nSPS) is 10.8. The lowest BCUT2D eigenvalue weighted by Gasteiger charge is -2.09. The van der Waals surface area contributed by atoms with Gasteiger partial charge in [-0.25, -0.2) is 4.98 Å². The molecular weight excluding hydrogens is 234 g/mol. The maximum atomic E-state index is 6.23. The lowest BCUT2D eigenvalue weighted by atomic mass is 10.1. The lowest BCUT2D eigenvalue weighted by Crippen LogP contribution is -2.04. The number of halogens is 1. The van der Waals surface area contributed by atoms with E-state index >= 15 is 0 Å². The van der Waals surface area contributed by atoms with Crippen LogP contribution in [-0.4, -0.2) is 9.55 Å². The molecule has 0 fully saturated rings. The Balaban J connectivity index is 2.24. The Morgan fingerprint density at radius 2 is 2.24 bits per heavy atom. The van der Waals surface area contributed by atoms with Gasteiger partial charge < -0.3 is 10.3 Å². The fourth-order valence-corrected chi connectivity index (χ4v) is 2.09. The predicted octanol–water partition coefficient (Wildman–Crippen LogP) is 2.61. The number of rotatable bonds is 4. The Morgan fingerprint density at radius 3 is 2.88 bits per heavy atom. The van der Waals surface area contributed by atoms with E-state index in [1.165, 1.54) is 0 Å². The van der Waals surface area contributed by atoms with Crippen molar-refractivity contribution in [1.82, 2.24) is 9.55 Å². The summed E-state index contributed by atoms with van der Waals surface area (Å²) in [6, 6.07) is 5.98. The highest BCUT2D eigenvalue weighted by atomic mass is 35.5. The Hall–Kier alpha value is -1.32. The van der Waals surface area contributed by atoms with Crippen molar-refractivity contribution in [3.8, 4) is 0 Å². The summed E-state index contributed by atoms with van der Waals surface area (Å²) >= 11 is 6.23. The molecule has 0 radical (unpaired) electrons. The van der Waals surface area contributed by atoms with Crippen LogP contribution in [0.3, 0.4) is 0 Å². The molecule has 1 aromatic heterocycles. The number of nitrogens with two attached hydrogens (primary N) is 1. The maximum Gasteiger partial charge on any atom is 0.108 e. The largest absolute Gasteiger partial charge is 0.330 e. The Morgan fingerprint density at radius 1 is 1.41 bits per heavy atom. The van der Waals surface area contributed by atoms with Gasteiger partial charge in [-0.1, -0.05) is 30.7 Å². The van der Waals surface area contributed by atoms with Gasteiger partial charge in [0.2, 0.25) is 0 Å². The third-order valence-corrected chi connectivity index (χ3v) is 3.16. The molecule has 4 heteroatoms. The molecular formula is C13H16ClN3. The van der Waals surface area contributed by atoms with Crippen LogP contribution < -0.4 is 5.73 Å².